The van der Waals surface area contributed by atoms with Gasteiger partial charge in [-0.05, 0) is 13.8 Å². The number of nitrogens with zero attached hydrogens (tertiary/aromatic N) is 2. The highest BCUT2D eigenvalue weighted by Gasteiger charge is 2.22. The van der Waals surface area contributed by atoms with Gasteiger partial charge in [-0.1, -0.05) is 11.6 Å². The molecule has 2 N–H and O–H groups in total. The molecule has 0 saturated carbocycles. The van der Waals surface area contributed by atoms with E-state index in [1.807, 2.05) is 6.92 Å². The highest BCUT2D eigenvalue weighted by Crippen LogP contribution is 2.21. The van der Waals surface area contributed by atoms with Gasteiger partial charge in [0.2, 0.25) is 5.91 Å². The molecule has 1 aromatic heterocycles. The molecule has 1 atom stereocenters. The fourth-order valence-electron chi connectivity index (χ4n) is 1.64. The summed E-state index contributed by atoms with van der Waals surface area (Å²) in [6, 6.07) is 0.0802. The first-order valence-corrected chi connectivity index (χ1v) is 5.48. The Hall–Kier alpha value is -1.36. The number of anilines is 1. The zero-order valence-electron chi connectivity index (χ0n) is 9.17. The summed E-state index contributed by atoms with van der Waals surface area (Å²) in [6.45, 7) is 4.27. The minimum Gasteiger partial charge on any atom is -0.365 e. The fraction of sp³-hybridized carbons (Fsp3) is 0.500. The summed E-state index contributed by atoms with van der Waals surface area (Å²) in [6.07, 6.45) is 0.472. The van der Waals surface area contributed by atoms with Gasteiger partial charge in [-0.3, -0.25) is 4.79 Å². The van der Waals surface area contributed by atoms with Crippen LogP contribution in [0.5, 0.6) is 0 Å². The van der Waals surface area contributed by atoms with Gasteiger partial charge >= 0.3 is 0 Å². The van der Waals surface area contributed by atoms with E-state index in [0.717, 1.165) is 5.56 Å². The van der Waals surface area contributed by atoms with E-state index in [2.05, 4.69) is 20.6 Å². The zero-order valence-corrected chi connectivity index (χ0v) is 9.93. The van der Waals surface area contributed by atoms with E-state index in [1.165, 1.54) is 0 Å². The summed E-state index contributed by atoms with van der Waals surface area (Å²) in [4.78, 5) is 19.4. The number of aromatic nitrogens is 2. The number of carbonyl (C=O) groups excluding carboxylic acids is 1. The predicted octanol–water partition coefficient (Wildman–Crippen LogP) is 1.05. The van der Waals surface area contributed by atoms with Gasteiger partial charge in [0, 0.05) is 18.5 Å². The third kappa shape index (κ3) is 2.24. The smallest absolute Gasteiger partial charge is 0.222 e. The highest BCUT2D eigenvalue weighted by atomic mass is 35.5. The van der Waals surface area contributed by atoms with Crippen molar-refractivity contribution < 1.29 is 4.79 Å². The van der Waals surface area contributed by atoms with Gasteiger partial charge in [-0.25, -0.2) is 9.97 Å². The van der Waals surface area contributed by atoms with Crippen LogP contribution in [0.4, 0.5) is 5.82 Å². The number of nitrogens with one attached hydrogen (secondary N) is 2. The molecule has 1 amide bonds. The maximum absolute atomic E-state index is 11.1. The Morgan fingerprint density at radius 2 is 2.19 bits per heavy atom. The fourth-order valence-corrected chi connectivity index (χ4v) is 1.85. The largest absolute Gasteiger partial charge is 0.365 e. The quantitative estimate of drug-likeness (QED) is 0.759. The third-order valence-electron chi connectivity index (χ3n) is 2.52. The molecule has 86 valence electrons. The predicted molar refractivity (Wildman–Crippen MR) is 61.6 cm³/mol. The Balaban J connectivity index is 2.18. The van der Waals surface area contributed by atoms with Crippen molar-refractivity contribution in [2.45, 2.75) is 26.3 Å². The first-order valence-electron chi connectivity index (χ1n) is 5.10. The average molecular weight is 241 g/mol. The third-order valence-corrected chi connectivity index (χ3v) is 2.88. The topological polar surface area (TPSA) is 66.9 Å². The van der Waals surface area contributed by atoms with Crippen LogP contribution in [0.1, 0.15) is 17.8 Å². The Kier molecular flexibility index (Phi) is 2.96. The van der Waals surface area contributed by atoms with Crippen molar-refractivity contribution in [3.8, 4) is 0 Å². The summed E-state index contributed by atoms with van der Waals surface area (Å²) in [5.74, 6) is 1.39. The van der Waals surface area contributed by atoms with Gasteiger partial charge < -0.3 is 10.6 Å². The van der Waals surface area contributed by atoms with E-state index in [1.54, 1.807) is 6.92 Å². The molecular formula is C10H13ClN4O. The SMILES string of the molecule is Cc1nc(Cl)c(C)c(NC2CNC(=O)C2)n1. The monoisotopic (exact) mass is 240 g/mol. The zero-order chi connectivity index (χ0) is 11.7. The Morgan fingerprint density at radius 1 is 1.44 bits per heavy atom. The van der Waals surface area contributed by atoms with E-state index in [4.69, 9.17) is 11.6 Å². The van der Waals surface area contributed by atoms with E-state index in [0.29, 0.717) is 29.8 Å². The van der Waals surface area contributed by atoms with E-state index in [9.17, 15) is 4.79 Å². The first kappa shape index (κ1) is 11.1. The normalized spacial score (nSPS) is 19.7. The molecule has 0 spiro atoms. The van der Waals surface area contributed by atoms with Crippen LogP contribution >= 0.6 is 11.6 Å². The molecule has 16 heavy (non-hydrogen) atoms. The molecular weight excluding hydrogens is 228 g/mol. The second kappa shape index (κ2) is 4.25. The van der Waals surface area contributed by atoms with Gasteiger partial charge in [-0.2, -0.15) is 0 Å². The lowest BCUT2D eigenvalue weighted by molar-refractivity contribution is -0.119. The standard InChI is InChI=1S/C10H13ClN4O/c1-5-9(11)13-6(2)14-10(5)15-7-3-8(16)12-4-7/h7H,3-4H2,1-2H3,(H,12,16)(H,13,14,15). The number of carbonyl (C=O) groups is 1. The molecule has 2 rings (SSSR count). The van der Waals surface area contributed by atoms with Crippen molar-refractivity contribution >= 4 is 23.3 Å². The molecule has 0 aromatic carbocycles. The number of amides is 1. The summed E-state index contributed by atoms with van der Waals surface area (Å²) in [5, 5.41) is 6.41. The Morgan fingerprint density at radius 3 is 2.81 bits per heavy atom. The van der Waals surface area contributed by atoms with Crippen LogP contribution in [0, 0.1) is 13.8 Å². The van der Waals surface area contributed by atoms with Crippen LogP contribution in [-0.2, 0) is 4.79 Å². The van der Waals surface area contributed by atoms with E-state index in [-0.39, 0.29) is 11.9 Å². The molecule has 1 aliphatic heterocycles. The van der Waals surface area contributed by atoms with Gasteiger partial charge in [0.05, 0.1) is 6.04 Å². The minimum absolute atomic E-state index is 0.0621. The molecule has 0 aliphatic carbocycles. The lowest BCUT2D eigenvalue weighted by atomic mass is 10.2. The van der Waals surface area contributed by atoms with Crippen LogP contribution in [0.2, 0.25) is 5.15 Å². The van der Waals surface area contributed by atoms with Crippen LogP contribution in [0.15, 0.2) is 0 Å². The maximum atomic E-state index is 11.1. The molecule has 2 heterocycles. The number of hydrogen-bond donors (Lipinski definition) is 2. The van der Waals surface area contributed by atoms with Crippen molar-refractivity contribution in [3.05, 3.63) is 16.5 Å². The number of halogens is 1. The maximum Gasteiger partial charge on any atom is 0.222 e. The van der Waals surface area contributed by atoms with Crippen LogP contribution < -0.4 is 10.6 Å². The molecule has 1 aliphatic rings. The van der Waals surface area contributed by atoms with Crippen molar-refractivity contribution in [3.63, 3.8) is 0 Å². The first-order chi connectivity index (χ1) is 7.56. The van der Waals surface area contributed by atoms with Crippen LogP contribution in [0.25, 0.3) is 0 Å². The van der Waals surface area contributed by atoms with E-state index < -0.39 is 0 Å². The van der Waals surface area contributed by atoms with Gasteiger partial charge in [-0.15, -0.1) is 0 Å². The second-order valence-electron chi connectivity index (χ2n) is 3.88. The molecule has 1 aromatic rings. The van der Waals surface area contributed by atoms with Crippen molar-refractivity contribution in [1.82, 2.24) is 15.3 Å². The summed E-state index contributed by atoms with van der Waals surface area (Å²) >= 11 is 5.96. The Labute approximate surface area is 98.6 Å². The molecule has 5 nitrogen and oxygen atoms in total. The van der Waals surface area contributed by atoms with Crippen molar-refractivity contribution in [2.24, 2.45) is 0 Å². The molecule has 1 saturated heterocycles. The molecule has 1 unspecified atom stereocenters. The second-order valence-corrected chi connectivity index (χ2v) is 4.24. The highest BCUT2D eigenvalue weighted by molar-refractivity contribution is 6.30. The number of aryl methyl sites for hydroxylation is 1. The van der Waals surface area contributed by atoms with E-state index >= 15 is 0 Å². The lowest BCUT2D eigenvalue weighted by Crippen LogP contribution is -2.23. The summed E-state index contributed by atoms with van der Waals surface area (Å²) in [5.41, 5.74) is 0.812. The van der Waals surface area contributed by atoms with Gasteiger partial charge in [0.15, 0.2) is 0 Å². The van der Waals surface area contributed by atoms with Gasteiger partial charge in [0.25, 0.3) is 0 Å². The average Bonchev–Trinajstić information content (AvgIpc) is 2.60. The van der Waals surface area contributed by atoms with Gasteiger partial charge in [0.1, 0.15) is 16.8 Å². The Bertz CT molecular complexity index is 435. The molecule has 0 bridgehead atoms. The number of rotatable bonds is 2. The summed E-state index contributed by atoms with van der Waals surface area (Å²) in [7, 11) is 0. The van der Waals surface area contributed by atoms with Crippen molar-refractivity contribution in [1.29, 1.82) is 0 Å². The molecule has 0 radical (unpaired) electrons. The van der Waals surface area contributed by atoms with Crippen LogP contribution in [0.3, 0.4) is 0 Å². The summed E-state index contributed by atoms with van der Waals surface area (Å²) < 4.78 is 0. The molecule has 6 heteroatoms. The van der Waals surface area contributed by atoms with Crippen LogP contribution in [-0.4, -0.2) is 28.5 Å². The number of hydrogen-bond acceptors (Lipinski definition) is 4. The lowest BCUT2D eigenvalue weighted by Gasteiger charge is -2.14. The molecule has 1 fully saturated rings. The van der Waals surface area contributed by atoms with Crippen molar-refractivity contribution in [2.75, 3.05) is 11.9 Å². The minimum atomic E-state index is 0.0621.